The molecule has 1 aliphatic rings. The number of carbonyl (C=O) groups excluding carboxylic acids is 1. The van der Waals surface area contributed by atoms with Crippen LogP contribution in [0, 0.1) is 6.92 Å². The zero-order valence-corrected chi connectivity index (χ0v) is 20.6. The predicted octanol–water partition coefficient (Wildman–Crippen LogP) is 3.13. The molecule has 1 N–H and O–H groups in total. The SMILES string of the molecule is CCS(=O)(=O)N1CCN(Cc2ccc(C(=O)NCCSCc3ccc(C)cc3)cc2)CC1. The highest BCUT2D eigenvalue weighted by atomic mass is 32.2. The van der Waals surface area contributed by atoms with Gasteiger partial charge in [-0.15, -0.1) is 0 Å². The van der Waals surface area contributed by atoms with Crippen LogP contribution in [0.25, 0.3) is 0 Å². The number of thioether (sulfide) groups is 1. The van der Waals surface area contributed by atoms with Crippen LogP contribution in [-0.2, 0) is 22.3 Å². The van der Waals surface area contributed by atoms with E-state index in [1.54, 1.807) is 11.2 Å². The van der Waals surface area contributed by atoms with Crippen LogP contribution in [0.4, 0.5) is 0 Å². The highest BCUT2D eigenvalue weighted by molar-refractivity contribution is 7.98. The molecule has 0 radical (unpaired) electrons. The van der Waals surface area contributed by atoms with Crippen molar-refractivity contribution < 1.29 is 13.2 Å². The number of amides is 1. The lowest BCUT2D eigenvalue weighted by atomic mass is 10.1. The molecule has 174 valence electrons. The largest absolute Gasteiger partial charge is 0.351 e. The number of nitrogens with one attached hydrogen (secondary N) is 1. The van der Waals surface area contributed by atoms with Crippen LogP contribution in [0.5, 0.6) is 0 Å². The number of piperazine rings is 1. The van der Waals surface area contributed by atoms with Crippen LogP contribution >= 0.6 is 11.8 Å². The summed E-state index contributed by atoms with van der Waals surface area (Å²) in [6.45, 7) is 7.70. The Kier molecular flexibility index (Phi) is 9.16. The second-order valence-electron chi connectivity index (χ2n) is 8.07. The number of rotatable bonds is 10. The number of sulfonamides is 1. The molecule has 1 amide bonds. The van der Waals surface area contributed by atoms with Gasteiger partial charge in [0.05, 0.1) is 5.75 Å². The van der Waals surface area contributed by atoms with Crippen LogP contribution < -0.4 is 5.32 Å². The summed E-state index contributed by atoms with van der Waals surface area (Å²) >= 11 is 1.81. The van der Waals surface area contributed by atoms with Gasteiger partial charge in [0.15, 0.2) is 0 Å². The lowest BCUT2D eigenvalue weighted by molar-refractivity contribution is 0.0956. The Bertz CT molecular complexity index is 969. The zero-order chi connectivity index (χ0) is 23.0. The summed E-state index contributed by atoms with van der Waals surface area (Å²) in [5.74, 6) is 1.92. The number of aryl methyl sites for hydroxylation is 1. The Balaban J connectivity index is 1.36. The summed E-state index contributed by atoms with van der Waals surface area (Å²) in [5.41, 5.74) is 4.36. The molecule has 0 spiro atoms. The second kappa shape index (κ2) is 11.8. The molecular formula is C24H33N3O3S2. The Hall–Kier alpha value is -1.87. The maximum Gasteiger partial charge on any atom is 0.251 e. The minimum Gasteiger partial charge on any atom is -0.351 e. The maximum absolute atomic E-state index is 12.4. The van der Waals surface area contributed by atoms with E-state index in [9.17, 15) is 13.2 Å². The van der Waals surface area contributed by atoms with Crippen LogP contribution in [0.1, 0.15) is 34.0 Å². The zero-order valence-electron chi connectivity index (χ0n) is 18.9. The lowest BCUT2D eigenvalue weighted by Gasteiger charge is -2.33. The van der Waals surface area contributed by atoms with Gasteiger partial charge in [0, 0.05) is 56.3 Å². The van der Waals surface area contributed by atoms with E-state index in [0.29, 0.717) is 25.2 Å². The van der Waals surface area contributed by atoms with E-state index in [0.717, 1.165) is 36.7 Å². The van der Waals surface area contributed by atoms with E-state index in [-0.39, 0.29) is 11.7 Å². The average Bonchev–Trinajstić information content (AvgIpc) is 2.81. The Morgan fingerprint density at radius 3 is 2.22 bits per heavy atom. The molecule has 0 bridgehead atoms. The summed E-state index contributed by atoms with van der Waals surface area (Å²) in [6.07, 6.45) is 0. The average molecular weight is 476 g/mol. The highest BCUT2D eigenvalue weighted by Crippen LogP contribution is 2.14. The molecule has 0 atom stereocenters. The topological polar surface area (TPSA) is 69.7 Å². The molecular weight excluding hydrogens is 442 g/mol. The van der Waals surface area contributed by atoms with E-state index in [1.165, 1.54) is 11.1 Å². The van der Waals surface area contributed by atoms with Crippen molar-refractivity contribution in [2.24, 2.45) is 0 Å². The second-order valence-corrected chi connectivity index (χ2v) is 11.4. The first-order chi connectivity index (χ1) is 15.4. The molecule has 0 aliphatic carbocycles. The van der Waals surface area contributed by atoms with Crippen molar-refractivity contribution in [3.05, 3.63) is 70.8 Å². The van der Waals surface area contributed by atoms with Gasteiger partial charge in [-0.25, -0.2) is 8.42 Å². The lowest BCUT2D eigenvalue weighted by Crippen LogP contribution is -2.48. The third-order valence-electron chi connectivity index (χ3n) is 5.63. The van der Waals surface area contributed by atoms with E-state index in [4.69, 9.17) is 0 Å². The minimum absolute atomic E-state index is 0.0501. The first-order valence-corrected chi connectivity index (χ1v) is 13.8. The molecule has 1 saturated heterocycles. The van der Waals surface area contributed by atoms with Crippen molar-refractivity contribution in [3.63, 3.8) is 0 Å². The van der Waals surface area contributed by atoms with E-state index in [1.807, 2.05) is 36.0 Å². The van der Waals surface area contributed by atoms with Gasteiger partial charge < -0.3 is 5.32 Å². The smallest absolute Gasteiger partial charge is 0.251 e. The van der Waals surface area contributed by atoms with Gasteiger partial charge >= 0.3 is 0 Å². The molecule has 1 aliphatic heterocycles. The molecule has 2 aromatic rings. The third-order valence-corrected chi connectivity index (χ3v) is 8.54. The molecule has 1 fully saturated rings. The van der Waals surface area contributed by atoms with Crippen molar-refractivity contribution in [1.82, 2.24) is 14.5 Å². The maximum atomic E-state index is 12.4. The monoisotopic (exact) mass is 475 g/mol. The van der Waals surface area contributed by atoms with Crippen molar-refractivity contribution in [2.75, 3.05) is 44.2 Å². The highest BCUT2D eigenvalue weighted by Gasteiger charge is 2.25. The van der Waals surface area contributed by atoms with Crippen LogP contribution in [-0.4, -0.2) is 67.8 Å². The van der Waals surface area contributed by atoms with Gasteiger partial charge in [0.1, 0.15) is 0 Å². The fourth-order valence-corrected chi connectivity index (χ4v) is 5.48. The van der Waals surface area contributed by atoms with Gasteiger partial charge in [-0.3, -0.25) is 9.69 Å². The molecule has 0 unspecified atom stereocenters. The Morgan fingerprint density at radius 1 is 0.969 bits per heavy atom. The van der Waals surface area contributed by atoms with Crippen molar-refractivity contribution in [2.45, 2.75) is 26.1 Å². The molecule has 8 heteroatoms. The molecule has 6 nitrogen and oxygen atoms in total. The van der Waals surface area contributed by atoms with Crippen LogP contribution in [0.3, 0.4) is 0 Å². The Morgan fingerprint density at radius 2 is 1.59 bits per heavy atom. The summed E-state index contributed by atoms with van der Waals surface area (Å²) in [5, 5.41) is 2.99. The number of hydrogen-bond acceptors (Lipinski definition) is 5. The number of hydrogen-bond donors (Lipinski definition) is 1. The van der Waals surface area contributed by atoms with Crippen molar-refractivity contribution in [3.8, 4) is 0 Å². The number of carbonyl (C=O) groups is 1. The quantitative estimate of drug-likeness (QED) is 0.535. The van der Waals surface area contributed by atoms with E-state index < -0.39 is 10.0 Å². The standard InChI is InChI=1S/C24H33N3O3S2/c1-3-32(29,30)27-15-13-26(14-16-27)18-21-8-10-23(11-9-21)24(28)25-12-17-31-19-22-6-4-20(2)5-7-22/h4-11H,3,12-19H2,1-2H3,(H,25,28). The van der Waals surface area contributed by atoms with Gasteiger partial charge in [-0.1, -0.05) is 42.0 Å². The fourth-order valence-electron chi connectivity index (χ4n) is 3.58. The van der Waals surface area contributed by atoms with Crippen LogP contribution in [0.15, 0.2) is 48.5 Å². The number of nitrogens with zero attached hydrogens (tertiary/aromatic N) is 2. The molecule has 32 heavy (non-hydrogen) atoms. The van der Waals surface area contributed by atoms with Crippen molar-refractivity contribution >= 4 is 27.7 Å². The molecule has 3 rings (SSSR count). The third kappa shape index (κ3) is 7.33. The molecule has 1 heterocycles. The number of benzene rings is 2. The van der Waals surface area contributed by atoms with Gasteiger partial charge in [-0.2, -0.15) is 16.1 Å². The summed E-state index contributed by atoms with van der Waals surface area (Å²) in [6, 6.07) is 16.2. The van der Waals surface area contributed by atoms with Gasteiger partial charge in [0.25, 0.3) is 5.91 Å². The summed E-state index contributed by atoms with van der Waals surface area (Å²) in [7, 11) is -3.10. The van der Waals surface area contributed by atoms with Gasteiger partial charge in [0.2, 0.25) is 10.0 Å². The van der Waals surface area contributed by atoms with E-state index >= 15 is 0 Å². The Labute approximate surface area is 196 Å². The molecule has 0 saturated carbocycles. The van der Waals surface area contributed by atoms with Crippen LogP contribution in [0.2, 0.25) is 0 Å². The minimum atomic E-state index is -3.10. The first kappa shape index (κ1) is 24.8. The summed E-state index contributed by atoms with van der Waals surface area (Å²) in [4.78, 5) is 14.6. The van der Waals surface area contributed by atoms with E-state index in [2.05, 4.69) is 41.4 Å². The normalized spacial score (nSPS) is 15.6. The fraction of sp³-hybridized carbons (Fsp3) is 0.458. The molecule has 2 aromatic carbocycles. The predicted molar refractivity (Wildman–Crippen MR) is 132 cm³/mol. The van der Waals surface area contributed by atoms with Gasteiger partial charge in [-0.05, 0) is 37.1 Å². The summed E-state index contributed by atoms with van der Waals surface area (Å²) < 4.78 is 25.5. The van der Waals surface area contributed by atoms with Crippen molar-refractivity contribution in [1.29, 1.82) is 0 Å². The molecule has 0 aromatic heterocycles. The first-order valence-electron chi connectivity index (χ1n) is 11.1.